The Hall–Kier alpha value is -1.88. The molecule has 1 aromatic rings. The molecule has 0 saturated carbocycles. The molecule has 0 bridgehead atoms. The summed E-state index contributed by atoms with van der Waals surface area (Å²) in [5, 5.41) is 8.63. The second-order valence-corrected chi connectivity index (χ2v) is 4.07. The van der Waals surface area contributed by atoms with Gasteiger partial charge in [0, 0.05) is 19.5 Å². The highest BCUT2D eigenvalue weighted by molar-refractivity contribution is 5.80. The van der Waals surface area contributed by atoms with Gasteiger partial charge in [0.25, 0.3) is 0 Å². The number of hydrogen-bond acceptors (Lipinski definition) is 4. The average Bonchev–Trinajstić information content (AvgIpc) is 2.46. The van der Waals surface area contributed by atoms with Crippen molar-refractivity contribution in [1.29, 1.82) is 0 Å². The molecule has 0 saturated heterocycles. The van der Waals surface area contributed by atoms with Gasteiger partial charge in [-0.2, -0.15) is 0 Å². The number of nitrogens with zero attached hydrogens (tertiary/aromatic N) is 1. The zero-order chi connectivity index (χ0) is 14.1. The van der Waals surface area contributed by atoms with Gasteiger partial charge in [-0.15, -0.1) is 0 Å². The van der Waals surface area contributed by atoms with Crippen LogP contribution in [0.4, 0.5) is 4.79 Å². The summed E-state index contributed by atoms with van der Waals surface area (Å²) in [5.41, 5.74) is 0.915. The predicted molar refractivity (Wildman–Crippen MR) is 70.6 cm³/mol. The average molecular weight is 265 g/mol. The Morgan fingerprint density at radius 3 is 2.53 bits per heavy atom. The van der Waals surface area contributed by atoms with Crippen molar-refractivity contribution in [1.82, 2.24) is 4.90 Å². The zero-order valence-electron chi connectivity index (χ0n) is 11.0. The first-order chi connectivity index (χ1) is 9.17. The topological polar surface area (TPSA) is 66.8 Å². The summed E-state index contributed by atoms with van der Waals surface area (Å²) < 4.78 is 5.16. The third-order valence-corrected chi connectivity index (χ3v) is 2.68. The summed E-state index contributed by atoms with van der Waals surface area (Å²) in [7, 11) is 0. The van der Waals surface area contributed by atoms with E-state index in [4.69, 9.17) is 9.84 Å². The molecule has 0 aliphatic heterocycles. The van der Waals surface area contributed by atoms with Gasteiger partial charge in [-0.1, -0.05) is 30.3 Å². The Morgan fingerprint density at radius 1 is 1.26 bits per heavy atom. The highest BCUT2D eigenvalue weighted by atomic mass is 16.6. The minimum absolute atomic E-state index is 0.144. The van der Waals surface area contributed by atoms with E-state index >= 15 is 0 Å². The van der Waals surface area contributed by atoms with Gasteiger partial charge >= 0.3 is 6.09 Å². The fourth-order valence-electron chi connectivity index (χ4n) is 1.53. The van der Waals surface area contributed by atoms with Gasteiger partial charge in [0.2, 0.25) is 0 Å². The number of carbonyl (C=O) groups excluding carboxylic acids is 2. The summed E-state index contributed by atoms with van der Waals surface area (Å²) in [5.74, 6) is -0.283. The number of ether oxygens (including phenoxy) is 1. The molecule has 1 N–H and O–H groups in total. The summed E-state index contributed by atoms with van der Waals surface area (Å²) in [6.07, 6.45) is -0.304. The van der Waals surface area contributed by atoms with Crippen LogP contribution in [-0.2, 0) is 16.1 Å². The van der Waals surface area contributed by atoms with Crippen LogP contribution in [0.15, 0.2) is 30.3 Å². The van der Waals surface area contributed by atoms with Crippen LogP contribution in [0.1, 0.15) is 18.9 Å². The largest absolute Gasteiger partial charge is 0.445 e. The van der Waals surface area contributed by atoms with Crippen molar-refractivity contribution >= 4 is 11.9 Å². The minimum Gasteiger partial charge on any atom is -0.445 e. The summed E-state index contributed by atoms with van der Waals surface area (Å²) in [6, 6.07) is 9.39. The van der Waals surface area contributed by atoms with Crippen LogP contribution in [0.3, 0.4) is 0 Å². The van der Waals surface area contributed by atoms with Gasteiger partial charge < -0.3 is 14.7 Å². The standard InChI is InChI=1S/C14H19NO4/c1-2-15(9-8-13(17)10-16)14(18)19-11-12-6-4-3-5-7-12/h3-7,16H,2,8-11H2,1H3. The van der Waals surface area contributed by atoms with Crippen molar-refractivity contribution in [2.24, 2.45) is 0 Å². The number of hydrogen-bond donors (Lipinski definition) is 1. The number of rotatable bonds is 7. The number of amides is 1. The molecule has 5 nitrogen and oxygen atoms in total. The van der Waals surface area contributed by atoms with Crippen molar-refractivity contribution in [3.63, 3.8) is 0 Å². The molecular weight excluding hydrogens is 246 g/mol. The smallest absolute Gasteiger partial charge is 0.410 e. The first-order valence-electron chi connectivity index (χ1n) is 6.25. The van der Waals surface area contributed by atoms with E-state index in [0.717, 1.165) is 5.56 Å². The molecule has 104 valence electrons. The van der Waals surface area contributed by atoms with E-state index in [1.54, 1.807) is 0 Å². The van der Waals surface area contributed by atoms with E-state index < -0.39 is 12.7 Å². The van der Waals surface area contributed by atoms with Crippen molar-refractivity contribution in [3.8, 4) is 0 Å². The Kier molecular flexibility index (Phi) is 6.60. The van der Waals surface area contributed by atoms with E-state index in [2.05, 4.69) is 0 Å². The molecular formula is C14H19NO4. The number of ketones is 1. The van der Waals surface area contributed by atoms with Crippen LogP contribution >= 0.6 is 0 Å². The Labute approximate surface area is 112 Å². The lowest BCUT2D eigenvalue weighted by atomic mass is 10.2. The molecule has 0 atom stereocenters. The van der Waals surface area contributed by atoms with Crippen LogP contribution < -0.4 is 0 Å². The quantitative estimate of drug-likeness (QED) is 0.813. The molecule has 0 unspecified atom stereocenters. The summed E-state index contributed by atoms with van der Waals surface area (Å²) in [6.45, 7) is 2.27. The lowest BCUT2D eigenvalue weighted by Gasteiger charge is -2.19. The van der Waals surface area contributed by atoms with Crippen molar-refractivity contribution in [2.75, 3.05) is 19.7 Å². The lowest BCUT2D eigenvalue weighted by Crippen LogP contribution is -2.33. The Balaban J connectivity index is 2.39. The van der Waals surface area contributed by atoms with Gasteiger partial charge in [-0.05, 0) is 12.5 Å². The van der Waals surface area contributed by atoms with Crippen LogP contribution in [0.5, 0.6) is 0 Å². The fourth-order valence-corrected chi connectivity index (χ4v) is 1.53. The summed E-state index contributed by atoms with van der Waals surface area (Å²) >= 11 is 0. The van der Waals surface area contributed by atoms with E-state index in [1.807, 2.05) is 37.3 Å². The maximum atomic E-state index is 11.8. The van der Waals surface area contributed by atoms with Gasteiger partial charge in [0.05, 0.1) is 0 Å². The van der Waals surface area contributed by atoms with E-state index in [-0.39, 0.29) is 25.4 Å². The van der Waals surface area contributed by atoms with Gasteiger partial charge in [-0.3, -0.25) is 4.79 Å². The van der Waals surface area contributed by atoms with Crippen LogP contribution in [0, 0.1) is 0 Å². The van der Waals surface area contributed by atoms with E-state index in [1.165, 1.54) is 4.90 Å². The molecule has 0 heterocycles. The van der Waals surface area contributed by atoms with E-state index in [0.29, 0.717) is 6.54 Å². The van der Waals surface area contributed by atoms with Crippen LogP contribution in [-0.4, -0.2) is 41.6 Å². The number of aliphatic hydroxyl groups excluding tert-OH is 1. The fraction of sp³-hybridized carbons (Fsp3) is 0.429. The summed E-state index contributed by atoms with van der Waals surface area (Å²) in [4.78, 5) is 24.2. The normalized spacial score (nSPS) is 10.0. The molecule has 0 spiro atoms. The maximum absolute atomic E-state index is 11.8. The number of Topliss-reactive ketones (excluding diaryl/α,β-unsaturated/α-hetero) is 1. The molecule has 19 heavy (non-hydrogen) atoms. The molecule has 1 aromatic carbocycles. The van der Waals surface area contributed by atoms with Crippen molar-refractivity contribution in [3.05, 3.63) is 35.9 Å². The van der Waals surface area contributed by atoms with Gasteiger partial charge in [0.1, 0.15) is 13.2 Å². The number of carbonyl (C=O) groups is 2. The van der Waals surface area contributed by atoms with Crippen LogP contribution in [0.25, 0.3) is 0 Å². The molecule has 1 rings (SSSR count). The molecule has 0 aliphatic carbocycles. The van der Waals surface area contributed by atoms with Crippen LogP contribution in [0.2, 0.25) is 0 Å². The zero-order valence-corrected chi connectivity index (χ0v) is 11.0. The molecule has 1 amide bonds. The molecule has 0 fully saturated rings. The van der Waals surface area contributed by atoms with Crippen molar-refractivity contribution < 1.29 is 19.4 Å². The first-order valence-corrected chi connectivity index (χ1v) is 6.25. The maximum Gasteiger partial charge on any atom is 0.410 e. The second kappa shape index (κ2) is 8.26. The number of benzene rings is 1. The highest BCUT2D eigenvalue weighted by Gasteiger charge is 2.14. The first kappa shape index (κ1) is 15.2. The second-order valence-electron chi connectivity index (χ2n) is 4.07. The lowest BCUT2D eigenvalue weighted by molar-refractivity contribution is -0.121. The molecule has 0 aliphatic rings. The molecule has 0 aromatic heterocycles. The Bertz CT molecular complexity index is 405. The highest BCUT2D eigenvalue weighted by Crippen LogP contribution is 2.04. The van der Waals surface area contributed by atoms with Gasteiger partial charge in [-0.25, -0.2) is 4.79 Å². The molecule has 0 radical (unpaired) electrons. The van der Waals surface area contributed by atoms with Gasteiger partial charge in [0.15, 0.2) is 5.78 Å². The SMILES string of the molecule is CCN(CCC(=O)CO)C(=O)OCc1ccccc1. The Morgan fingerprint density at radius 2 is 1.95 bits per heavy atom. The third-order valence-electron chi connectivity index (χ3n) is 2.68. The minimum atomic E-state index is -0.489. The van der Waals surface area contributed by atoms with E-state index in [9.17, 15) is 9.59 Å². The van der Waals surface area contributed by atoms with Crippen molar-refractivity contribution in [2.45, 2.75) is 20.0 Å². The third kappa shape index (κ3) is 5.52. The predicted octanol–water partition coefficient (Wildman–Crippen LogP) is 1.60. The monoisotopic (exact) mass is 265 g/mol. The number of aliphatic hydroxyl groups is 1. The molecule has 5 heteroatoms.